The second-order valence-electron chi connectivity index (χ2n) is 5.03. The number of carbonyl (C=O) groups excluding carboxylic acids is 1. The van der Waals surface area contributed by atoms with Crippen LogP contribution in [0, 0.1) is 5.92 Å². The monoisotopic (exact) mass is 242 g/mol. The minimum absolute atomic E-state index is 0.105. The van der Waals surface area contributed by atoms with Gasteiger partial charge in [0.25, 0.3) is 0 Å². The highest BCUT2D eigenvalue weighted by molar-refractivity contribution is 7.99. The first kappa shape index (κ1) is 12.2. The highest BCUT2D eigenvalue weighted by Gasteiger charge is 2.26. The van der Waals surface area contributed by atoms with Crippen molar-refractivity contribution in [1.29, 1.82) is 0 Å². The number of nitrogens with one attached hydrogen (secondary N) is 1. The van der Waals surface area contributed by atoms with E-state index in [0.29, 0.717) is 12.1 Å². The summed E-state index contributed by atoms with van der Waals surface area (Å²) in [5, 5.41) is 3.74. The Hall–Kier alpha value is -0.220. The van der Waals surface area contributed by atoms with Crippen LogP contribution in [0.2, 0.25) is 0 Å². The molecule has 1 amide bonds. The van der Waals surface area contributed by atoms with E-state index in [2.05, 4.69) is 17.1 Å². The Morgan fingerprint density at radius 1 is 1.12 bits per heavy atom. The van der Waals surface area contributed by atoms with Crippen molar-refractivity contribution in [2.45, 2.75) is 50.6 Å². The first-order chi connectivity index (χ1) is 7.75. The van der Waals surface area contributed by atoms with E-state index in [4.69, 9.17) is 5.73 Å². The number of primary amides is 1. The van der Waals surface area contributed by atoms with Crippen molar-refractivity contribution < 1.29 is 4.79 Å². The normalized spacial score (nSPS) is 35.9. The van der Waals surface area contributed by atoms with E-state index in [-0.39, 0.29) is 11.8 Å². The Morgan fingerprint density at radius 3 is 2.44 bits per heavy atom. The van der Waals surface area contributed by atoms with Gasteiger partial charge in [-0.2, -0.15) is 11.8 Å². The van der Waals surface area contributed by atoms with Gasteiger partial charge in [-0.25, -0.2) is 0 Å². The third-order valence-corrected chi connectivity index (χ3v) is 4.98. The van der Waals surface area contributed by atoms with Crippen molar-refractivity contribution in [2.75, 3.05) is 11.5 Å². The molecule has 1 aliphatic heterocycles. The van der Waals surface area contributed by atoms with Crippen LogP contribution >= 0.6 is 11.8 Å². The van der Waals surface area contributed by atoms with Crippen LogP contribution in [-0.4, -0.2) is 29.5 Å². The highest BCUT2D eigenvalue weighted by atomic mass is 32.2. The maximum Gasteiger partial charge on any atom is 0.220 e. The van der Waals surface area contributed by atoms with Gasteiger partial charge in [-0.15, -0.1) is 0 Å². The van der Waals surface area contributed by atoms with E-state index < -0.39 is 0 Å². The van der Waals surface area contributed by atoms with Crippen molar-refractivity contribution in [3.63, 3.8) is 0 Å². The van der Waals surface area contributed by atoms with Crippen LogP contribution in [0.5, 0.6) is 0 Å². The largest absolute Gasteiger partial charge is 0.369 e. The summed E-state index contributed by atoms with van der Waals surface area (Å²) in [6.45, 7) is 0. The van der Waals surface area contributed by atoms with E-state index in [1.54, 1.807) is 0 Å². The molecule has 1 heterocycles. The lowest BCUT2D eigenvalue weighted by Crippen LogP contribution is -2.44. The number of hydrogen-bond acceptors (Lipinski definition) is 3. The molecule has 0 aromatic heterocycles. The molecule has 0 bridgehead atoms. The molecule has 0 spiro atoms. The third kappa shape index (κ3) is 3.39. The van der Waals surface area contributed by atoms with Gasteiger partial charge in [0, 0.05) is 23.8 Å². The maximum absolute atomic E-state index is 11.0. The molecule has 3 nitrogen and oxygen atoms in total. The van der Waals surface area contributed by atoms with Crippen LogP contribution in [-0.2, 0) is 4.79 Å². The summed E-state index contributed by atoms with van der Waals surface area (Å²) in [7, 11) is 0. The highest BCUT2D eigenvalue weighted by Crippen LogP contribution is 2.25. The second-order valence-corrected chi connectivity index (χ2v) is 6.18. The van der Waals surface area contributed by atoms with Gasteiger partial charge in [0.15, 0.2) is 0 Å². The van der Waals surface area contributed by atoms with E-state index in [9.17, 15) is 4.79 Å². The molecule has 1 saturated heterocycles. The fraction of sp³-hybridized carbons (Fsp3) is 0.917. The number of rotatable bonds is 3. The standard InChI is InChI=1S/C12H22N2OS/c13-12(15)9-3-5-10(6-4-9)14-11-2-1-7-16-8-11/h9-11,14H,1-8H2,(H2,13,15). The Labute approximate surface area is 102 Å². The predicted octanol–water partition coefficient (Wildman–Crippen LogP) is 1.52. The number of thioether (sulfide) groups is 1. The smallest absolute Gasteiger partial charge is 0.220 e. The zero-order valence-corrected chi connectivity index (χ0v) is 10.6. The lowest BCUT2D eigenvalue weighted by Gasteiger charge is -2.32. The molecule has 1 atom stereocenters. The van der Waals surface area contributed by atoms with Gasteiger partial charge < -0.3 is 11.1 Å². The summed E-state index contributed by atoms with van der Waals surface area (Å²) in [6, 6.07) is 1.33. The van der Waals surface area contributed by atoms with Crippen LogP contribution < -0.4 is 11.1 Å². The lowest BCUT2D eigenvalue weighted by molar-refractivity contribution is -0.122. The molecule has 2 aliphatic rings. The van der Waals surface area contributed by atoms with E-state index >= 15 is 0 Å². The molecule has 1 unspecified atom stereocenters. The fourth-order valence-corrected chi connectivity index (χ4v) is 3.83. The summed E-state index contributed by atoms with van der Waals surface area (Å²) in [4.78, 5) is 11.0. The van der Waals surface area contributed by atoms with Crippen LogP contribution in [0.3, 0.4) is 0 Å². The van der Waals surface area contributed by atoms with E-state index in [1.807, 2.05) is 0 Å². The van der Waals surface area contributed by atoms with Crippen molar-refractivity contribution in [3.8, 4) is 0 Å². The Bertz CT molecular complexity index is 233. The molecule has 2 fully saturated rings. The Kier molecular flexibility index (Phi) is 4.53. The molecule has 3 N–H and O–H groups in total. The van der Waals surface area contributed by atoms with Crippen molar-refractivity contribution in [2.24, 2.45) is 11.7 Å². The van der Waals surface area contributed by atoms with Gasteiger partial charge in [0.05, 0.1) is 0 Å². The molecule has 0 aromatic carbocycles. The molecule has 16 heavy (non-hydrogen) atoms. The summed E-state index contributed by atoms with van der Waals surface area (Å²) in [5.74, 6) is 2.62. The maximum atomic E-state index is 11.0. The zero-order chi connectivity index (χ0) is 11.4. The molecule has 2 rings (SSSR count). The number of nitrogens with two attached hydrogens (primary N) is 1. The molecule has 92 valence electrons. The van der Waals surface area contributed by atoms with Gasteiger partial charge in [0.2, 0.25) is 5.91 Å². The topological polar surface area (TPSA) is 55.1 Å². The fourth-order valence-electron chi connectivity index (χ4n) is 2.75. The van der Waals surface area contributed by atoms with E-state index in [0.717, 1.165) is 25.7 Å². The van der Waals surface area contributed by atoms with Crippen molar-refractivity contribution >= 4 is 17.7 Å². The van der Waals surface area contributed by atoms with Gasteiger partial charge in [0.1, 0.15) is 0 Å². The third-order valence-electron chi connectivity index (χ3n) is 3.76. The van der Waals surface area contributed by atoms with Gasteiger partial charge in [-0.1, -0.05) is 0 Å². The Morgan fingerprint density at radius 2 is 1.88 bits per heavy atom. The molecule has 1 saturated carbocycles. The quantitative estimate of drug-likeness (QED) is 0.789. The van der Waals surface area contributed by atoms with E-state index in [1.165, 1.54) is 24.3 Å². The van der Waals surface area contributed by atoms with Gasteiger partial charge >= 0.3 is 0 Å². The average molecular weight is 242 g/mol. The first-order valence-corrected chi connectivity index (χ1v) is 7.54. The Balaban J connectivity index is 1.70. The lowest BCUT2D eigenvalue weighted by atomic mass is 9.85. The molecular formula is C12H22N2OS. The molecule has 0 radical (unpaired) electrons. The number of amides is 1. The summed E-state index contributed by atoms with van der Waals surface area (Å²) < 4.78 is 0. The molecular weight excluding hydrogens is 220 g/mol. The summed E-state index contributed by atoms with van der Waals surface area (Å²) >= 11 is 2.06. The van der Waals surface area contributed by atoms with Crippen molar-refractivity contribution in [1.82, 2.24) is 5.32 Å². The van der Waals surface area contributed by atoms with Gasteiger partial charge in [-0.3, -0.25) is 4.79 Å². The van der Waals surface area contributed by atoms with Crippen LogP contribution in [0.25, 0.3) is 0 Å². The number of carbonyl (C=O) groups is 1. The molecule has 1 aliphatic carbocycles. The summed E-state index contributed by atoms with van der Waals surface area (Å²) in [5.41, 5.74) is 5.33. The summed E-state index contributed by atoms with van der Waals surface area (Å²) in [6.07, 6.45) is 6.87. The van der Waals surface area contributed by atoms with Crippen LogP contribution in [0.4, 0.5) is 0 Å². The minimum Gasteiger partial charge on any atom is -0.369 e. The zero-order valence-electron chi connectivity index (χ0n) is 9.78. The van der Waals surface area contributed by atoms with Crippen LogP contribution in [0.15, 0.2) is 0 Å². The van der Waals surface area contributed by atoms with Crippen LogP contribution in [0.1, 0.15) is 38.5 Å². The molecule has 4 heteroatoms. The first-order valence-electron chi connectivity index (χ1n) is 6.39. The number of hydrogen-bond donors (Lipinski definition) is 2. The molecule has 0 aromatic rings. The minimum atomic E-state index is -0.105. The SMILES string of the molecule is NC(=O)C1CCC(NC2CCCSC2)CC1. The van der Waals surface area contributed by atoms with Crippen molar-refractivity contribution in [3.05, 3.63) is 0 Å². The average Bonchev–Trinajstić information content (AvgIpc) is 2.31. The predicted molar refractivity (Wildman–Crippen MR) is 68.4 cm³/mol. The van der Waals surface area contributed by atoms with Gasteiger partial charge in [-0.05, 0) is 44.3 Å². The second kappa shape index (κ2) is 5.92.